The van der Waals surface area contributed by atoms with E-state index in [1.54, 1.807) is 57.2 Å². The van der Waals surface area contributed by atoms with E-state index in [0.717, 1.165) is 5.56 Å². The highest BCUT2D eigenvalue weighted by Crippen LogP contribution is 2.09. The molecule has 0 unspecified atom stereocenters. The van der Waals surface area contributed by atoms with Crippen LogP contribution in [0.15, 0.2) is 30.3 Å². The molecule has 0 aliphatic rings. The van der Waals surface area contributed by atoms with Crippen molar-refractivity contribution in [1.29, 1.82) is 5.26 Å². The number of nitrogens with one attached hydrogen (secondary N) is 1. The summed E-state index contributed by atoms with van der Waals surface area (Å²) in [5.41, 5.74) is 0.702. The summed E-state index contributed by atoms with van der Waals surface area (Å²) in [5.74, 6) is -1.14. The van der Waals surface area contributed by atoms with Crippen molar-refractivity contribution in [3.8, 4) is 6.07 Å². The number of amides is 1. The van der Waals surface area contributed by atoms with Crippen LogP contribution in [0, 0.1) is 11.3 Å². The van der Waals surface area contributed by atoms with Gasteiger partial charge in [-0.3, -0.25) is 0 Å². The number of nitrogens with zero attached hydrogens (tertiary/aromatic N) is 1. The molecule has 6 nitrogen and oxygen atoms in total. The molecule has 2 N–H and O–H groups in total. The number of hydrogen-bond donors (Lipinski definition) is 2. The van der Waals surface area contributed by atoms with Gasteiger partial charge in [0.05, 0.1) is 11.6 Å². The Morgan fingerprint density at radius 1 is 1.35 bits per heavy atom. The zero-order chi connectivity index (χ0) is 17.5. The molecule has 23 heavy (non-hydrogen) atoms. The first-order chi connectivity index (χ1) is 10.7. The van der Waals surface area contributed by atoms with Crippen LogP contribution >= 0.6 is 0 Å². The molecule has 6 heteroatoms. The number of ether oxygens (including phenoxy) is 1. The third-order valence-corrected chi connectivity index (χ3v) is 2.71. The van der Waals surface area contributed by atoms with Gasteiger partial charge in [0.15, 0.2) is 0 Å². The first-order valence-electron chi connectivity index (χ1n) is 7.10. The van der Waals surface area contributed by atoms with Gasteiger partial charge in [0.25, 0.3) is 0 Å². The minimum Gasteiger partial charge on any atom is -0.480 e. The molecule has 122 valence electrons. The minimum absolute atomic E-state index is 0.120. The van der Waals surface area contributed by atoms with Crippen LogP contribution in [0.1, 0.15) is 38.3 Å². The Bertz CT molecular complexity index is 621. The first kappa shape index (κ1) is 18.2. The summed E-state index contributed by atoms with van der Waals surface area (Å²) in [6.07, 6.45) is 2.73. The standard InChI is InChI=1S/C17H20N2O4/c1-17(2,3)23-16(22)19-14(15(20)21)6-4-5-12-7-9-13(11-18)10-8-12/h4-5,7-10,14H,6H2,1-3H3,(H,19,22)(H,20,21)/b5-4+/t14-/m0/s1. The number of carbonyl (C=O) groups is 2. The Morgan fingerprint density at radius 3 is 2.43 bits per heavy atom. The lowest BCUT2D eigenvalue weighted by Crippen LogP contribution is -2.43. The van der Waals surface area contributed by atoms with E-state index >= 15 is 0 Å². The maximum atomic E-state index is 11.6. The molecule has 1 aromatic carbocycles. The number of benzene rings is 1. The lowest BCUT2D eigenvalue weighted by Gasteiger charge is -2.21. The zero-order valence-electron chi connectivity index (χ0n) is 13.4. The summed E-state index contributed by atoms with van der Waals surface area (Å²) in [4.78, 5) is 22.8. The molecule has 1 atom stereocenters. The van der Waals surface area contributed by atoms with Crippen molar-refractivity contribution >= 4 is 18.1 Å². The number of hydrogen-bond acceptors (Lipinski definition) is 4. The average Bonchev–Trinajstić information content (AvgIpc) is 2.44. The van der Waals surface area contributed by atoms with E-state index in [1.165, 1.54) is 0 Å². The van der Waals surface area contributed by atoms with Crippen LogP contribution in [-0.2, 0) is 9.53 Å². The van der Waals surface area contributed by atoms with Crippen LogP contribution in [0.25, 0.3) is 6.08 Å². The van der Waals surface area contributed by atoms with Crippen LogP contribution < -0.4 is 5.32 Å². The van der Waals surface area contributed by atoms with Crippen molar-refractivity contribution in [1.82, 2.24) is 5.32 Å². The van der Waals surface area contributed by atoms with E-state index in [4.69, 9.17) is 15.1 Å². The Kier molecular flexibility index (Phi) is 6.34. The highest BCUT2D eigenvalue weighted by molar-refractivity contribution is 5.80. The Hall–Kier alpha value is -2.81. The molecule has 0 saturated carbocycles. The summed E-state index contributed by atoms with van der Waals surface area (Å²) in [6.45, 7) is 5.10. The van der Waals surface area contributed by atoms with Crippen molar-refractivity contribution in [3.63, 3.8) is 0 Å². The predicted molar refractivity (Wildman–Crippen MR) is 85.6 cm³/mol. The topological polar surface area (TPSA) is 99.4 Å². The van der Waals surface area contributed by atoms with Crippen LogP contribution in [0.5, 0.6) is 0 Å². The molecule has 1 amide bonds. The van der Waals surface area contributed by atoms with Crippen LogP contribution in [0.3, 0.4) is 0 Å². The SMILES string of the molecule is CC(C)(C)OC(=O)N[C@@H](C/C=C/c1ccc(C#N)cc1)C(=O)O. The maximum absolute atomic E-state index is 11.6. The molecule has 0 aliphatic carbocycles. The van der Waals surface area contributed by atoms with E-state index in [1.807, 2.05) is 6.07 Å². The molecule has 1 aromatic rings. The van der Waals surface area contributed by atoms with Gasteiger partial charge < -0.3 is 15.2 Å². The molecule has 0 fully saturated rings. The van der Waals surface area contributed by atoms with Crippen molar-refractivity contribution < 1.29 is 19.4 Å². The van der Waals surface area contributed by atoms with Gasteiger partial charge in [-0.05, 0) is 44.9 Å². The number of nitriles is 1. The Balaban J connectivity index is 2.62. The van der Waals surface area contributed by atoms with E-state index in [-0.39, 0.29) is 6.42 Å². The van der Waals surface area contributed by atoms with E-state index in [0.29, 0.717) is 5.56 Å². The van der Waals surface area contributed by atoms with E-state index < -0.39 is 23.7 Å². The van der Waals surface area contributed by atoms with Crippen molar-refractivity contribution in [2.45, 2.75) is 38.8 Å². The fraction of sp³-hybridized carbons (Fsp3) is 0.353. The zero-order valence-corrected chi connectivity index (χ0v) is 13.4. The summed E-state index contributed by atoms with van der Waals surface area (Å²) >= 11 is 0. The summed E-state index contributed by atoms with van der Waals surface area (Å²) in [7, 11) is 0. The average molecular weight is 316 g/mol. The fourth-order valence-electron chi connectivity index (χ4n) is 1.68. The van der Waals surface area contributed by atoms with Crippen molar-refractivity contribution in [2.75, 3.05) is 0 Å². The van der Waals surface area contributed by atoms with Crippen LogP contribution in [-0.4, -0.2) is 28.8 Å². The predicted octanol–water partition coefficient (Wildman–Crippen LogP) is 2.94. The van der Waals surface area contributed by atoms with E-state index in [9.17, 15) is 9.59 Å². The largest absolute Gasteiger partial charge is 0.480 e. The monoisotopic (exact) mass is 316 g/mol. The molecular formula is C17H20N2O4. The van der Waals surface area contributed by atoms with Gasteiger partial charge in [-0.15, -0.1) is 0 Å². The number of aliphatic carboxylic acids is 1. The number of carbonyl (C=O) groups excluding carboxylic acids is 1. The second-order valence-corrected chi connectivity index (χ2v) is 5.91. The molecule has 1 rings (SSSR count). The molecule has 0 bridgehead atoms. The third kappa shape index (κ3) is 7.14. The molecule has 0 aromatic heterocycles. The van der Waals surface area contributed by atoms with Gasteiger partial charge in [-0.1, -0.05) is 24.3 Å². The van der Waals surface area contributed by atoms with Gasteiger partial charge in [-0.25, -0.2) is 9.59 Å². The van der Waals surface area contributed by atoms with Crippen LogP contribution in [0.2, 0.25) is 0 Å². The van der Waals surface area contributed by atoms with Gasteiger partial charge in [0.2, 0.25) is 0 Å². The molecule has 0 saturated heterocycles. The van der Waals surface area contributed by atoms with Gasteiger partial charge >= 0.3 is 12.1 Å². The number of rotatable bonds is 5. The molecule has 0 heterocycles. The Morgan fingerprint density at radius 2 is 1.96 bits per heavy atom. The summed E-state index contributed by atoms with van der Waals surface area (Å²) < 4.78 is 5.04. The smallest absolute Gasteiger partial charge is 0.408 e. The third-order valence-electron chi connectivity index (χ3n) is 2.71. The Labute approximate surface area is 135 Å². The molecular weight excluding hydrogens is 296 g/mol. The number of alkyl carbamates (subject to hydrolysis) is 1. The second kappa shape index (κ2) is 7.99. The minimum atomic E-state index is -1.14. The quantitative estimate of drug-likeness (QED) is 0.870. The number of carboxylic acids is 1. The maximum Gasteiger partial charge on any atom is 0.408 e. The highest BCUT2D eigenvalue weighted by atomic mass is 16.6. The highest BCUT2D eigenvalue weighted by Gasteiger charge is 2.22. The van der Waals surface area contributed by atoms with Crippen LogP contribution in [0.4, 0.5) is 4.79 Å². The normalized spacial score (nSPS) is 12.4. The summed E-state index contributed by atoms with van der Waals surface area (Å²) in [5, 5.41) is 20.2. The molecule has 0 spiro atoms. The first-order valence-corrected chi connectivity index (χ1v) is 7.10. The summed E-state index contributed by atoms with van der Waals surface area (Å²) in [6, 6.07) is 7.81. The van der Waals surface area contributed by atoms with Crippen molar-refractivity contribution in [3.05, 3.63) is 41.5 Å². The molecule has 0 radical (unpaired) electrons. The number of carboxylic acid groups (broad SMARTS) is 1. The fourth-order valence-corrected chi connectivity index (χ4v) is 1.68. The molecule has 0 aliphatic heterocycles. The van der Waals surface area contributed by atoms with Crippen molar-refractivity contribution in [2.24, 2.45) is 0 Å². The van der Waals surface area contributed by atoms with Gasteiger partial charge in [0.1, 0.15) is 11.6 Å². The van der Waals surface area contributed by atoms with E-state index in [2.05, 4.69) is 5.32 Å². The lowest BCUT2D eigenvalue weighted by atomic mass is 10.1. The second-order valence-electron chi connectivity index (χ2n) is 5.91. The van der Waals surface area contributed by atoms with Gasteiger partial charge in [0, 0.05) is 0 Å². The van der Waals surface area contributed by atoms with Gasteiger partial charge in [-0.2, -0.15) is 5.26 Å². The lowest BCUT2D eigenvalue weighted by molar-refractivity contribution is -0.139.